The fraction of sp³-hybridized carbons (Fsp3) is 0.400. The number of ketones is 1. The lowest BCUT2D eigenvalue weighted by molar-refractivity contribution is -0.138. The first-order valence-corrected chi connectivity index (χ1v) is 6.46. The number of aryl methyl sites for hydroxylation is 1. The van der Waals surface area contributed by atoms with Gasteiger partial charge >= 0.3 is 5.97 Å². The summed E-state index contributed by atoms with van der Waals surface area (Å²) in [4.78, 5) is 35.4. The van der Waals surface area contributed by atoms with Crippen LogP contribution in [0.3, 0.4) is 0 Å². The summed E-state index contributed by atoms with van der Waals surface area (Å²) in [6.45, 7) is 2.10. The van der Waals surface area contributed by atoms with Gasteiger partial charge in [0.25, 0.3) is 0 Å². The Balaban J connectivity index is 2.42. The van der Waals surface area contributed by atoms with Crippen molar-refractivity contribution in [2.75, 3.05) is 13.6 Å². The molecule has 0 atom stereocenters. The third kappa shape index (κ3) is 5.22. The zero-order chi connectivity index (χ0) is 15.1. The van der Waals surface area contributed by atoms with Crippen LogP contribution >= 0.6 is 0 Å². The maximum Gasteiger partial charge on any atom is 0.305 e. The number of amides is 1. The molecule has 0 heterocycles. The van der Waals surface area contributed by atoms with Gasteiger partial charge in [-0.2, -0.15) is 0 Å². The quantitative estimate of drug-likeness (QED) is 0.772. The van der Waals surface area contributed by atoms with Gasteiger partial charge in [-0.1, -0.05) is 29.8 Å². The van der Waals surface area contributed by atoms with E-state index in [1.165, 1.54) is 4.90 Å². The lowest BCUT2D eigenvalue weighted by atomic mass is 10.0. The van der Waals surface area contributed by atoms with Gasteiger partial charge in [-0.3, -0.25) is 14.4 Å². The van der Waals surface area contributed by atoms with Crippen molar-refractivity contribution in [3.05, 3.63) is 35.4 Å². The predicted octanol–water partition coefficient (Wildman–Crippen LogP) is 1.89. The number of hydrogen-bond acceptors (Lipinski definition) is 3. The first-order valence-electron chi connectivity index (χ1n) is 6.46. The van der Waals surface area contributed by atoms with Crippen molar-refractivity contribution in [1.82, 2.24) is 4.90 Å². The average molecular weight is 277 g/mol. The van der Waals surface area contributed by atoms with Gasteiger partial charge < -0.3 is 10.0 Å². The molecule has 5 heteroatoms. The molecule has 108 valence electrons. The van der Waals surface area contributed by atoms with E-state index in [2.05, 4.69) is 0 Å². The number of nitrogens with zero attached hydrogens (tertiary/aromatic N) is 1. The highest BCUT2D eigenvalue weighted by Gasteiger charge is 2.13. The van der Waals surface area contributed by atoms with E-state index in [0.29, 0.717) is 5.56 Å². The van der Waals surface area contributed by atoms with E-state index in [1.807, 2.05) is 19.1 Å². The molecule has 20 heavy (non-hydrogen) atoms. The number of carbonyl (C=O) groups excluding carboxylic acids is 2. The number of carboxylic acids is 1. The summed E-state index contributed by atoms with van der Waals surface area (Å²) in [5.74, 6) is -1.24. The van der Waals surface area contributed by atoms with Crippen molar-refractivity contribution in [3.63, 3.8) is 0 Å². The summed E-state index contributed by atoms with van der Waals surface area (Å²) >= 11 is 0. The van der Waals surface area contributed by atoms with E-state index in [4.69, 9.17) is 5.11 Å². The molecular formula is C15H19NO4. The number of aliphatic carboxylic acids is 1. The minimum Gasteiger partial charge on any atom is -0.481 e. The molecule has 1 aromatic carbocycles. The topological polar surface area (TPSA) is 74.7 Å². The van der Waals surface area contributed by atoms with Crippen molar-refractivity contribution >= 4 is 17.7 Å². The zero-order valence-electron chi connectivity index (χ0n) is 11.8. The highest BCUT2D eigenvalue weighted by Crippen LogP contribution is 2.08. The van der Waals surface area contributed by atoms with E-state index < -0.39 is 5.97 Å². The first-order chi connectivity index (χ1) is 9.40. The molecule has 0 saturated heterocycles. The lowest BCUT2D eigenvalue weighted by Gasteiger charge is -2.15. The second kappa shape index (κ2) is 7.43. The zero-order valence-corrected chi connectivity index (χ0v) is 11.8. The minimum atomic E-state index is -0.944. The summed E-state index contributed by atoms with van der Waals surface area (Å²) < 4.78 is 0. The highest BCUT2D eigenvalue weighted by molar-refractivity contribution is 5.97. The highest BCUT2D eigenvalue weighted by atomic mass is 16.4. The van der Waals surface area contributed by atoms with Gasteiger partial charge in [-0.05, 0) is 6.92 Å². The minimum absolute atomic E-state index is 0.0787. The van der Waals surface area contributed by atoms with Crippen LogP contribution in [0.5, 0.6) is 0 Å². The SMILES string of the molecule is Cc1ccc(C(=O)CCC(=O)N(C)CCC(=O)O)cc1. The molecule has 0 aromatic heterocycles. The molecule has 0 aliphatic rings. The second-order valence-electron chi connectivity index (χ2n) is 4.75. The molecule has 5 nitrogen and oxygen atoms in total. The summed E-state index contributed by atoms with van der Waals surface area (Å²) in [6, 6.07) is 7.20. The van der Waals surface area contributed by atoms with Gasteiger partial charge in [-0.15, -0.1) is 0 Å². The maximum atomic E-state index is 11.9. The number of carbonyl (C=O) groups is 3. The lowest BCUT2D eigenvalue weighted by Crippen LogP contribution is -2.29. The van der Waals surface area contributed by atoms with Crippen LogP contribution in [0.2, 0.25) is 0 Å². The monoisotopic (exact) mass is 277 g/mol. The fourth-order valence-electron chi connectivity index (χ4n) is 1.68. The Morgan fingerprint density at radius 1 is 1.05 bits per heavy atom. The Bertz CT molecular complexity index is 493. The number of rotatable bonds is 7. The van der Waals surface area contributed by atoms with Gasteiger partial charge in [0.15, 0.2) is 5.78 Å². The van der Waals surface area contributed by atoms with E-state index in [1.54, 1.807) is 19.2 Å². The second-order valence-corrected chi connectivity index (χ2v) is 4.75. The van der Waals surface area contributed by atoms with Gasteiger partial charge in [0, 0.05) is 32.0 Å². The van der Waals surface area contributed by atoms with Crippen LogP contribution in [0.15, 0.2) is 24.3 Å². The number of hydrogen-bond donors (Lipinski definition) is 1. The van der Waals surface area contributed by atoms with Crippen molar-refractivity contribution in [2.45, 2.75) is 26.2 Å². The Morgan fingerprint density at radius 2 is 1.65 bits per heavy atom. The maximum absolute atomic E-state index is 11.9. The van der Waals surface area contributed by atoms with Crippen LogP contribution in [0.1, 0.15) is 35.2 Å². The average Bonchev–Trinajstić information content (AvgIpc) is 2.42. The number of Topliss-reactive ketones (excluding diaryl/α,β-unsaturated/α-hetero) is 1. The Morgan fingerprint density at radius 3 is 2.20 bits per heavy atom. The predicted molar refractivity (Wildman–Crippen MR) is 74.6 cm³/mol. The normalized spacial score (nSPS) is 10.1. The third-order valence-electron chi connectivity index (χ3n) is 3.03. The molecule has 0 aliphatic carbocycles. The largest absolute Gasteiger partial charge is 0.481 e. The van der Waals surface area contributed by atoms with Gasteiger partial charge in [-0.25, -0.2) is 0 Å². The molecule has 1 rings (SSSR count). The molecule has 0 unspecified atom stereocenters. The van der Waals surface area contributed by atoms with Crippen LogP contribution in [0.25, 0.3) is 0 Å². The summed E-state index contributed by atoms with van der Waals surface area (Å²) in [7, 11) is 1.54. The molecule has 1 amide bonds. The fourth-order valence-corrected chi connectivity index (χ4v) is 1.68. The molecule has 0 radical (unpaired) electrons. The number of carboxylic acid groups (broad SMARTS) is 1. The molecule has 0 aliphatic heterocycles. The van der Waals surface area contributed by atoms with Gasteiger partial charge in [0.2, 0.25) is 5.91 Å². The van der Waals surface area contributed by atoms with Crippen molar-refractivity contribution in [2.24, 2.45) is 0 Å². The molecule has 1 N–H and O–H groups in total. The molecular weight excluding hydrogens is 258 g/mol. The van der Waals surface area contributed by atoms with E-state index in [9.17, 15) is 14.4 Å². The summed E-state index contributed by atoms with van der Waals surface area (Å²) in [5.41, 5.74) is 1.67. The third-order valence-corrected chi connectivity index (χ3v) is 3.03. The summed E-state index contributed by atoms with van der Waals surface area (Å²) in [6.07, 6.45) is 0.149. The van der Waals surface area contributed by atoms with Crippen LogP contribution < -0.4 is 0 Å². The Kier molecular flexibility index (Phi) is 5.90. The van der Waals surface area contributed by atoms with Gasteiger partial charge in [0.1, 0.15) is 0 Å². The van der Waals surface area contributed by atoms with Crippen LogP contribution in [0.4, 0.5) is 0 Å². The number of benzene rings is 1. The van der Waals surface area contributed by atoms with Gasteiger partial charge in [0.05, 0.1) is 6.42 Å². The van der Waals surface area contributed by atoms with Crippen LogP contribution in [-0.4, -0.2) is 41.3 Å². The summed E-state index contributed by atoms with van der Waals surface area (Å²) in [5, 5.41) is 8.54. The van der Waals surface area contributed by atoms with Crippen molar-refractivity contribution in [3.8, 4) is 0 Å². The molecule has 0 spiro atoms. The van der Waals surface area contributed by atoms with E-state index in [0.717, 1.165) is 5.56 Å². The van der Waals surface area contributed by atoms with E-state index >= 15 is 0 Å². The smallest absolute Gasteiger partial charge is 0.305 e. The van der Waals surface area contributed by atoms with Crippen LogP contribution in [0, 0.1) is 6.92 Å². The molecule has 0 bridgehead atoms. The van der Waals surface area contributed by atoms with Crippen molar-refractivity contribution in [1.29, 1.82) is 0 Å². The molecule has 0 fully saturated rings. The van der Waals surface area contributed by atoms with E-state index in [-0.39, 0.29) is 37.5 Å². The Labute approximate surface area is 118 Å². The standard InChI is InChI=1S/C15H19NO4/c1-11-3-5-12(6-4-11)13(17)7-8-14(18)16(2)10-9-15(19)20/h3-6H,7-10H2,1-2H3,(H,19,20). The van der Waals surface area contributed by atoms with Crippen LogP contribution in [-0.2, 0) is 9.59 Å². The molecule has 0 saturated carbocycles. The molecule has 1 aromatic rings. The van der Waals surface area contributed by atoms with Crippen molar-refractivity contribution < 1.29 is 19.5 Å². The Hall–Kier alpha value is -2.17. The first kappa shape index (κ1) is 15.9.